The number of hydrogen-bond donors (Lipinski definition) is 1. The van der Waals surface area contributed by atoms with Gasteiger partial charge in [-0.25, -0.2) is 4.39 Å². The maximum absolute atomic E-state index is 13.1. The number of ketones is 1. The first kappa shape index (κ1) is 9.71. The summed E-state index contributed by atoms with van der Waals surface area (Å²) >= 11 is 0. The van der Waals surface area contributed by atoms with E-state index in [1.807, 2.05) is 0 Å². The lowest BCUT2D eigenvalue weighted by atomic mass is 10.1. The van der Waals surface area contributed by atoms with Crippen LogP contribution in [-0.4, -0.2) is 10.9 Å². The number of halogens is 1. The summed E-state index contributed by atoms with van der Waals surface area (Å²) in [7, 11) is 0. The van der Waals surface area contributed by atoms with Gasteiger partial charge in [0.05, 0.1) is 0 Å². The molecule has 1 rings (SSSR count). The van der Waals surface area contributed by atoms with Gasteiger partial charge in [-0.05, 0) is 25.0 Å². The van der Waals surface area contributed by atoms with E-state index in [0.717, 1.165) is 0 Å². The highest BCUT2D eigenvalue weighted by atomic mass is 19.1. The average Bonchev–Trinajstić information content (AvgIpc) is 2.07. The zero-order valence-corrected chi connectivity index (χ0v) is 7.38. The van der Waals surface area contributed by atoms with Gasteiger partial charge in [0.2, 0.25) is 0 Å². The van der Waals surface area contributed by atoms with Crippen LogP contribution < -0.4 is 0 Å². The van der Waals surface area contributed by atoms with Crippen LogP contribution in [0.1, 0.15) is 18.9 Å². The molecular weight excluding hydrogens is 171 g/mol. The number of rotatable bonds is 3. The number of benzene rings is 1. The Morgan fingerprint density at radius 2 is 2.23 bits per heavy atom. The second kappa shape index (κ2) is 4.03. The van der Waals surface area contributed by atoms with Crippen LogP contribution in [0.4, 0.5) is 4.39 Å². The van der Waals surface area contributed by atoms with Crippen LogP contribution in [0.15, 0.2) is 18.2 Å². The van der Waals surface area contributed by atoms with Gasteiger partial charge in [-0.1, -0.05) is 12.1 Å². The lowest BCUT2D eigenvalue weighted by Gasteiger charge is -2.02. The summed E-state index contributed by atoms with van der Waals surface area (Å²) in [6, 6.07) is 4.42. The molecule has 0 aliphatic rings. The first-order valence-corrected chi connectivity index (χ1v) is 4.07. The number of hydrogen-bond acceptors (Lipinski definition) is 2. The summed E-state index contributed by atoms with van der Waals surface area (Å²) in [5.74, 6) is -0.965. The highest BCUT2D eigenvalue weighted by molar-refractivity contribution is 5.75. The van der Waals surface area contributed by atoms with Crippen LogP contribution in [0.25, 0.3) is 0 Å². The van der Waals surface area contributed by atoms with E-state index in [-0.39, 0.29) is 11.5 Å². The molecule has 0 amide bonds. The van der Waals surface area contributed by atoms with Gasteiger partial charge in [-0.2, -0.15) is 0 Å². The normalized spacial score (nSPS) is 10.0. The summed E-state index contributed by atoms with van der Waals surface area (Å²) in [6.07, 6.45) is 0.649. The van der Waals surface area contributed by atoms with Crippen molar-refractivity contribution in [1.29, 1.82) is 0 Å². The molecule has 0 aromatic heterocycles. The maximum atomic E-state index is 13.1. The smallest absolute Gasteiger partial charge is 0.167 e. The molecule has 0 aliphatic heterocycles. The van der Waals surface area contributed by atoms with Crippen molar-refractivity contribution in [3.05, 3.63) is 29.6 Å². The molecule has 0 saturated carbocycles. The fourth-order valence-electron chi connectivity index (χ4n) is 1.07. The molecule has 0 atom stereocenters. The second-order valence-corrected chi connectivity index (χ2v) is 2.95. The van der Waals surface area contributed by atoms with Gasteiger partial charge < -0.3 is 9.90 Å². The van der Waals surface area contributed by atoms with Crippen molar-refractivity contribution in [2.75, 3.05) is 0 Å². The van der Waals surface area contributed by atoms with Crippen LogP contribution in [0.5, 0.6) is 5.75 Å². The molecule has 0 heterocycles. The molecule has 2 nitrogen and oxygen atoms in total. The number of aromatic hydroxyl groups is 1. The molecule has 70 valence electrons. The van der Waals surface area contributed by atoms with Crippen molar-refractivity contribution >= 4 is 5.78 Å². The maximum Gasteiger partial charge on any atom is 0.167 e. The van der Waals surface area contributed by atoms with E-state index in [0.29, 0.717) is 18.4 Å². The summed E-state index contributed by atoms with van der Waals surface area (Å²) in [4.78, 5) is 10.6. The van der Waals surface area contributed by atoms with E-state index in [2.05, 4.69) is 0 Å². The molecule has 0 radical (unpaired) electrons. The quantitative estimate of drug-likeness (QED) is 0.776. The number of carbonyl (C=O) groups is 1. The van der Waals surface area contributed by atoms with Crippen molar-refractivity contribution in [2.45, 2.75) is 19.8 Å². The molecule has 1 aromatic carbocycles. The van der Waals surface area contributed by atoms with E-state index in [9.17, 15) is 9.18 Å². The number of carbonyl (C=O) groups excluding carboxylic acids is 1. The van der Waals surface area contributed by atoms with Crippen molar-refractivity contribution in [3.63, 3.8) is 0 Å². The Kier molecular flexibility index (Phi) is 3.01. The molecular formula is C10H11FO2. The first-order chi connectivity index (χ1) is 6.11. The zero-order chi connectivity index (χ0) is 9.84. The van der Waals surface area contributed by atoms with Gasteiger partial charge in [0.25, 0.3) is 0 Å². The van der Waals surface area contributed by atoms with Crippen LogP contribution >= 0.6 is 0 Å². The van der Waals surface area contributed by atoms with Crippen molar-refractivity contribution < 1.29 is 14.3 Å². The summed E-state index contributed by atoms with van der Waals surface area (Å²) in [5, 5.41) is 9.01. The lowest BCUT2D eigenvalue weighted by molar-refractivity contribution is -0.116. The summed E-state index contributed by atoms with van der Waals surface area (Å²) in [6.45, 7) is 1.46. The second-order valence-electron chi connectivity index (χ2n) is 2.95. The third-order valence-electron chi connectivity index (χ3n) is 1.80. The Bertz CT molecular complexity index is 321. The van der Waals surface area contributed by atoms with E-state index in [1.54, 1.807) is 12.1 Å². The largest absolute Gasteiger partial charge is 0.505 e. The average molecular weight is 182 g/mol. The Hall–Kier alpha value is -1.38. The van der Waals surface area contributed by atoms with Crippen LogP contribution in [0, 0.1) is 5.82 Å². The third kappa shape index (κ3) is 2.54. The SMILES string of the molecule is CC(=O)CCc1cccc(O)c1F. The van der Waals surface area contributed by atoms with Gasteiger partial charge in [0.1, 0.15) is 5.78 Å². The van der Waals surface area contributed by atoms with Crippen LogP contribution in [0.3, 0.4) is 0 Å². The van der Waals surface area contributed by atoms with E-state index in [4.69, 9.17) is 5.11 Å². The molecule has 0 fully saturated rings. The van der Waals surface area contributed by atoms with E-state index in [1.165, 1.54) is 13.0 Å². The van der Waals surface area contributed by atoms with Crippen LogP contribution in [-0.2, 0) is 11.2 Å². The zero-order valence-electron chi connectivity index (χ0n) is 7.38. The molecule has 0 unspecified atom stereocenters. The number of Topliss-reactive ketones (excluding diaryl/α,β-unsaturated/α-hetero) is 1. The topological polar surface area (TPSA) is 37.3 Å². The van der Waals surface area contributed by atoms with Gasteiger partial charge in [-0.15, -0.1) is 0 Å². The lowest BCUT2D eigenvalue weighted by Crippen LogP contribution is -1.96. The van der Waals surface area contributed by atoms with Gasteiger partial charge in [0, 0.05) is 6.42 Å². The minimum atomic E-state index is -0.622. The number of phenols is 1. The molecule has 13 heavy (non-hydrogen) atoms. The fraction of sp³-hybridized carbons (Fsp3) is 0.300. The highest BCUT2D eigenvalue weighted by Gasteiger charge is 2.06. The summed E-state index contributed by atoms with van der Waals surface area (Å²) < 4.78 is 13.1. The van der Waals surface area contributed by atoms with Gasteiger partial charge in [0.15, 0.2) is 11.6 Å². The van der Waals surface area contributed by atoms with Gasteiger partial charge in [-0.3, -0.25) is 0 Å². The predicted octanol–water partition coefficient (Wildman–Crippen LogP) is 2.05. The summed E-state index contributed by atoms with van der Waals surface area (Å²) in [5.41, 5.74) is 0.384. The van der Waals surface area contributed by atoms with Crippen molar-refractivity contribution in [1.82, 2.24) is 0 Å². The van der Waals surface area contributed by atoms with E-state index < -0.39 is 5.82 Å². The third-order valence-corrected chi connectivity index (χ3v) is 1.80. The van der Waals surface area contributed by atoms with Gasteiger partial charge >= 0.3 is 0 Å². The fourth-order valence-corrected chi connectivity index (χ4v) is 1.07. The first-order valence-electron chi connectivity index (χ1n) is 4.07. The molecule has 0 bridgehead atoms. The molecule has 0 saturated heterocycles. The Balaban J connectivity index is 2.77. The molecule has 1 N–H and O–H groups in total. The number of aryl methyl sites for hydroxylation is 1. The van der Waals surface area contributed by atoms with E-state index >= 15 is 0 Å². The molecule has 0 aliphatic carbocycles. The molecule has 1 aromatic rings. The predicted molar refractivity (Wildman–Crippen MR) is 47.1 cm³/mol. The molecule has 0 spiro atoms. The monoisotopic (exact) mass is 182 g/mol. The molecule has 3 heteroatoms. The highest BCUT2D eigenvalue weighted by Crippen LogP contribution is 2.19. The number of phenolic OH excluding ortho intramolecular Hbond substituents is 1. The van der Waals surface area contributed by atoms with Crippen molar-refractivity contribution in [2.24, 2.45) is 0 Å². The minimum absolute atomic E-state index is 0.0164. The minimum Gasteiger partial charge on any atom is -0.505 e. The van der Waals surface area contributed by atoms with Crippen LogP contribution in [0.2, 0.25) is 0 Å². The Morgan fingerprint density at radius 1 is 1.54 bits per heavy atom. The Labute approximate surface area is 76.0 Å². The van der Waals surface area contributed by atoms with Crippen molar-refractivity contribution in [3.8, 4) is 5.75 Å². The Morgan fingerprint density at radius 3 is 2.85 bits per heavy atom. The standard InChI is InChI=1S/C10H11FO2/c1-7(12)5-6-8-3-2-4-9(13)10(8)11/h2-4,13H,5-6H2,1H3.